The van der Waals surface area contributed by atoms with E-state index in [1.54, 1.807) is 74.9 Å². The maximum absolute atomic E-state index is 14.7. The molecule has 0 saturated carbocycles. The van der Waals surface area contributed by atoms with Crippen molar-refractivity contribution in [3.63, 3.8) is 0 Å². The van der Waals surface area contributed by atoms with Crippen molar-refractivity contribution in [2.45, 2.75) is 19.2 Å². The average Bonchev–Trinajstić information content (AvgIpc) is 3.00. The Morgan fingerprint density at radius 1 is 0.864 bits per heavy atom. The molecule has 0 aliphatic heterocycles. The van der Waals surface area contributed by atoms with Gasteiger partial charge in [0.15, 0.2) is 11.6 Å². The summed E-state index contributed by atoms with van der Waals surface area (Å²) < 4.78 is 70.6. The first-order chi connectivity index (χ1) is 21.1. The molecular formula is C33H29F2N3O5S. The molecule has 0 aliphatic rings. The summed E-state index contributed by atoms with van der Waals surface area (Å²) in [6.07, 6.45) is 4.71. The average molecular weight is 618 g/mol. The highest BCUT2D eigenvalue weighted by atomic mass is 32.2. The van der Waals surface area contributed by atoms with E-state index >= 15 is 0 Å². The molecule has 11 heteroatoms. The minimum atomic E-state index is -3.97. The maximum atomic E-state index is 14.7. The summed E-state index contributed by atoms with van der Waals surface area (Å²) in [7, 11) is -2.41. The molecule has 0 aliphatic carbocycles. The molecule has 0 bridgehead atoms. The van der Waals surface area contributed by atoms with Crippen LogP contribution in [0.3, 0.4) is 0 Å². The van der Waals surface area contributed by atoms with E-state index in [-0.39, 0.29) is 47.4 Å². The number of aryl methyl sites for hydroxylation is 1. The zero-order chi connectivity index (χ0) is 31.3. The van der Waals surface area contributed by atoms with Crippen LogP contribution in [0, 0.1) is 11.6 Å². The van der Waals surface area contributed by atoms with Crippen LogP contribution in [0.1, 0.15) is 18.1 Å². The van der Waals surface area contributed by atoms with Crippen LogP contribution in [0.4, 0.5) is 14.5 Å². The number of hydrogen-bond donors (Lipinski definition) is 0. The fourth-order valence-corrected chi connectivity index (χ4v) is 6.16. The highest BCUT2D eigenvalue weighted by molar-refractivity contribution is 7.92. The summed E-state index contributed by atoms with van der Waals surface area (Å²) in [5.41, 5.74) is 1.92. The minimum absolute atomic E-state index is 0.0270. The van der Waals surface area contributed by atoms with Crippen molar-refractivity contribution in [2.75, 3.05) is 10.9 Å². The van der Waals surface area contributed by atoms with Gasteiger partial charge in [0.2, 0.25) is 10.0 Å². The van der Waals surface area contributed by atoms with Crippen LogP contribution >= 0.6 is 0 Å². The van der Waals surface area contributed by atoms with Gasteiger partial charge in [-0.25, -0.2) is 17.2 Å². The number of rotatable bonds is 11. The minimum Gasteiger partial charge on any atom is -0.493 e. The molecule has 5 rings (SSSR count). The van der Waals surface area contributed by atoms with Gasteiger partial charge in [-0.05, 0) is 54.4 Å². The standard InChI is InChI=1S/C33H29F2N3O5S/c1-3-42-32-18-33(39)37(2)21-28(32)27-17-26(12-14-30(27)43-31-13-11-25(34)16-29(31)35)38(20-24-10-7-15-36-19-24)44(40,41)22-23-8-5-4-6-9-23/h4-19,21H,3,20,22H2,1-2H3. The van der Waals surface area contributed by atoms with Gasteiger partial charge in [-0.2, -0.15) is 0 Å². The lowest BCUT2D eigenvalue weighted by atomic mass is 10.0. The number of hydrogen-bond acceptors (Lipinski definition) is 6. The van der Waals surface area contributed by atoms with E-state index in [9.17, 15) is 22.0 Å². The largest absolute Gasteiger partial charge is 0.493 e. The summed E-state index contributed by atoms with van der Waals surface area (Å²) in [4.78, 5) is 16.6. The number of sulfonamides is 1. The molecule has 0 saturated heterocycles. The first kappa shape index (κ1) is 30.4. The molecule has 2 heterocycles. The lowest BCUT2D eigenvalue weighted by molar-refractivity contribution is 0.340. The summed E-state index contributed by atoms with van der Waals surface area (Å²) in [5.74, 6) is -1.85. The predicted molar refractivity (Wildman–Crippen MR) is 164 cm³/mol. The van der Waals surface area contributed by atoms with Crippen molar-refractivity contribution in [3.8, 4) is 28.4 Å². The van der Waals surface area contributed by atoms with Crippen molar-refractivity contribution < 1.29 is 26.7 Å². The molecule has 8 nitrogen and oxygen atoms in total. The number of anilines is 1. The van der Waals surface area contributed by atoms with E-state index in [1.165, 1.54) is 27.2 Å². The van der Waals surface area contributed by atoms with Crippen LogP contribution in [0.25, 0.3) is 11.1 Å². The normalized spacial score (nSPS) is 11.3. The van der Waals surface area contributed by atoms with Gasteiger partial charge in [-0.1, -0.05) is 36.4 Å². The number of halogens is 2. The second-order valence-corrected chi connectivity index (χ2v) is 11.8. The molecule has 0 unspecified atom stereocenters. The number of aromatic nitrogens is 2. The molecule has 5 aromatic rings. The Morgan fingerprint density at radius 2 is 1.61 bits per heavy atom. The van der Waals surface area contributed by atoms with Crippen molar-refractivity contribution in [1.29, 1.82) is 0 Å². The number of pyridine rings is 2. The summed E-state index contributed by atoms with van der Waals surface area (Å²) in [5, 5.41) is 0. The molecule has 3 aromatic carbocycles. The topological polar surface area (TPSA) is 90.7 Å². The summed E-state index contributed by atoms with van der Waals surface area (Å²) >= 11 is 0. The fourth-order valence-electron chi connectivity index (χ4n) is 4.61. The molecule has 0 fully saturated rings. The van der Waals surface area contributed by atoms with Gasteiger partial charge >= 0.3 is 0 Å². The third-order valence-electron chi connectivity index (χ3n) is 6.72. The van der Waals surface area contributed by atoms with Crippen LogP contribution in [-0.2, 0) is 29.4 Å². The Morgan fingerprint density at radius 3 is 2.32 bits per heavy atom. The van der Waals surface area contributed by atoms with Gasteiger partial charge in [-0.15, -0.1) is 0 Å². The van der Waals surface area contributed by atoms with Crippen LogP contribution in [0.15, 0.2) is 108 Å². The summed E-state index contributed by atoms with van der Waals surface area (Å²) in [6, 6.07) is 21.2. The molecule has 226 valence electrons. The monoisotopic (exact) mass is 617 g/mol. The Hall–Kier alpha value is -5.03. The number of nitrogens with zero attached hydrogens (tertiary/aromatic N) is 3. The number of ether oxygens (including phenoxy) is 2. The molecule has 2 aromatic heterocycles. The van der Waals surface area contributed by atoms with E-state index < -0.39 is 21.7 Å². The van der Waals surface area contributed by atoms with E-state index in [0.717, 1.165) is 12.1 Å². The third kappa shape index (κ3) is 6.95. The van der Waals surface area contributed by atoms with Gasteiger partial charge < -0.3 is 14.0 Å². The Bertz CT molecular complexity index is 1940. The van der Waals surface area contributed by atoms with Crippen LogP contribution < -0.4 is 19.3 Å². The van der Waals surface area contributed by atoms with Gasteiger partial charge in [-0.3, -0.25) is 14.1 Å². The molecule has 44 heavy (non-hydrogen) atoms. The first-order valence-corrected chi connectivity index (χ1v) is 15.3. The van der Waals surface area contributed by atoms with Gasteiger partial charge in [0.25, 0.3) is 5.56 Å². The highest BCUT2D eigenvalue weighted by Gasteiger charge is 2.26. The van der Waals surface area contributed by atoms with Crippen LogP contribution in [0.5, 0.6) is 17.2 Å². The van der Waals surface area contributed by atoms with Crippen molar-refractivity contribution in [1.82, 2.24) is 9.55 Å². The first-order valence-electron chi connectivity index (χ1n) is 13.7. The second kappa shape index (κ2) is 13.1. The summed E-state index contributed by atoms with van der Waals surface area (Å²) in [6.45, 7) is 1.97. The van der Waals surface area contributed by atoms with E-state index in [4.69, 9.17) is 9.47 Å². The molecule has 0 spiro atoms. The number of benzene rings is 3. The molecule has 0 atom stereocenters. The Balaban J connectivity index is 1.70. The van der Waals surface area contributed by atoms with Crippen LogP contribution in [0.2, 0.25) is 0 Å². The van der Waals surface area contributed by atoms with Crippen LogP contribution in [-0.4, -0.2) is 24.6 Å². The lowest BCUT2D eigenvalue weighted by Crippen LogP contribution is -2.31. The van der Waals surface area contributed by atoms with E-state index in [0.29, 0.717) is 28.3 Å². The van der Waals surface area contributed by atoms with Crippen molar-refractivity contribution in [2.24, 2.45) is 7.05 Å². The van der Waals surface area contributed by atoms with Crippen molar-refractivity contribution >= 4 is 15.7 Å². The fraction of sp³-hybridized carbons (Fsp3) is 0.152. The molecule has 0 N–H and O–H groups in total. The Labute approximate surface area is 253 Å². The molecule has 0 amide bonds. The third-order valence-corrected chi connectivity index (χ3v) is 8.43. The smallest absolute Gasteiger partial charge is 0.254 e. The quantitative estimate of drug-likeness (QED) is 0.169. The molecular weight excluding hydrogens is 588 g/mol. The van der Waals surface area contributed by atoms with Gasteiger partial charge in [0.1, 0.15) is 17.3 Å². The maximum Gasteiger partial charge on any atom is 0.254 e. The lowest BCUT2D eigenvalue weighted by Gasteiger charge is -2.26. The second-order valence-electron chi connectivity index (χ2n) is 9.90. The van der Waals surface area contributed by atoms with E-state index in [1.807, 2.05) is 6.07 Å². The zero-order valence-corrected chi connectivity index (χ0v) is 24.8. The highest BCUT2D eigenvalue weighted by Crippen LogP contribution is 2.41. The zero-order valence-electron chi connectivity index (χ0n) is 24.0. The predicted octanol–water partition coefficient (Wildman–Crippen LogP) is 6.45. The molecule has 0 radical (unpaired) electrons. The van der Waals surface area contributed by atoms with Gasteiger partial charge in [0.05, 0.1) is 24.6 Å². The van der Waals surface area contributed by atoms with Gasteiger partial charge in [0, 0.05) is 48.9 Å². The Kier molecular flexibility index (Phi) is 9.05. The van der Waals surface area contributed by atoms with E-state index in [2.05, 4.69) is 4.98 Å². The van der Waals surface area contributed by atoms with Crippen molar-refractivity contribution in [3.05, 3.63) is 137 Å². The SMILES string of the molecule is CCOc1cc(=O)n(C)cc1-c1cc(N(Cc2cccnc2)S(=O)(=O)Cc2ccccc2)ccc1Oc1ccc(F)cc1F.